The molecule has 32 heavy (non-hydrogen) atoms. The number of hydrogen-bond donors (Lipinski definition) is 1. The first-order valence-electron chi connectivity index (χ1n) is 10.3. The van der Waals surface area contributed by atoms with Gasteiger partial charge in [-0.1, -0.05) is 29.3 Å². The van der Waals surface area contributed by atoms with Gasteiger partial charge in [-0.15, -0.1) is 0 Å². The van der Waals surface area contributed by atoms with Crippen LogP contribution in [-0.4, -0.2) is 64.0 Å². The fourth-order valence-electron chi connectivity index (χ4n) is 3.81. The van der Waals surface area contributed by atoms with E-state index in [0.717, 1.165) is 16.7 Å². The van der Waals surface area contributed by atoms with E-state index in [2.05, 4.69) is 4.98 Å². The highest BCUT2D eigenvalue weighted by Gasteiger charge is 2.27. The Hall–Kier alpha value is -2.81. The molecular formula is C22H23Cl2N5O3. The van der Waals surface area contributed by atoms with Gasteiger partial charge in [-0.2, -0.15) is 0 Å². The molecule has 3 aromatic rings. The molecule has 1 saturated heterocycles. The quantitative estimate of drug-likeness (QED) is 0.620. The number of rotatable bonds is 4. The van der Waals surface area contributed by atoms with Crippen LogP contribution in [0.5, 0.6) is 0 Å². The summed E-state index contributed by atoms with van der Waals surface area (Å²) < 4.78 is 6.79. The number of nitrogens with two attached hydrogens (primary N) is 1. The van der Waals surface area contributed by atoms with Crippen LogP contribution >= 0.6 is 23.2 Å². The molecule has 4 rings (SSSR count). The molecule has 168 valence electrons. The molecular weight excluding hydrogens is 453 g/mol. The first kappa shape index (κ1) is 22.4. The number of fused-ring (bicyclic) bond motifs is 1. The van der Waals surface area contributed by atoms with Gasteiger partial charge in [0.05, 0.1) is 12.8 Å². The number of benzene rings is 1. The highest BCUT2D eigenvalue weighted by atomic mass is 35.5. The third-order valence-corrected chi connectivity index (χ3v) is 6.03. The summed E-state index contributed by atoms with van der Waals surface area (Å²) in [7, 11) is 0. The molecule has 0 aliphatic carbocycles. The normalized spacial score (nSPS) is 14.1. The van der Waals surface area contributed by atoms with Crippen molar-refractivity contribution in [1.82, 2.24) is 19.2 Å². The van der Waals surface area contributed by atoms with E-state index in [4.69, 9.17) is 33.7 Å². The van der Waals surface area contributed by atoms with Gasteiger partial charge in [0.2, 0.25) is 0 Å². The fraction of sp³-hybridized carbons (Fsp3) is 0.318. The van der Waals surface area contributed by atoms with Crippen LogP contribution in [0.2, 0.25) is 10.0 Å². The SMILES string of the molecule is CCOC(=O)N1CCN(C(=O)c2cnc3cc(CN)c(-c4ccc(Cl)cc4Cl)cn23)CC1. The maximum Gasteiger partial charge on any atom is 0.409 e. The molecule has 0 saturated carbocycles. The molecule has 1 aromatic carbocycles. The van der Waals surface area contributed by atoms with Gasteiger partial charge in [-0.25, -0.2) is 9.78 Å². The van der Waals surface area contributed by atoms with Crippen molar-refractivity contribution in [3.8, 4) is 11.1 Å². The van der Waals surface area contributed by atoms with Crippen LogP contribution in [0, 0.1) is 0 Å². The van der Waals surface area contributed by atoms with Gasteiger partial charge < -0.3 is 20.3 Å². The third kappa shape index (κ3) is 4.26. The number of carbonyl (C=O) groups is 2. The lowest BCUT2D eigenvalue weighted by Crippen LogP contribution is -2.50. The summed E-state index contributed by atoms with van der Waals surface area (Å²) in [6, 6.07) is 7.12. The Bertz CT molecular complexity index is 1170. The van der Waals surface area contributed by atoms with Gasteiger partial charge in [0.25, 0.3) is 5.91 Å². The molecule has 0 spiro atoms. The Balaban J connectivity index is 1.64. The number of pyridine rings is 1. The Morgan fingerprint density at radius 3 is 2.47 bits per heavy atom. The van der Waals surface area contributed by atoms with Crippen LogP contribution < -0.4 is 5.73 Å². The Morgan fingerprint density at radius 2 is 1.81 bits per heavy atom. The predicted octanol–water partition coefficient (Wildman–Crippen LogP) is 3.68. The lowest BCUT2D eigenvalue weighted by Gasteiger charge is -2.33. The van der Waals surface area contributed by atoms with Gasteiger partial charge in [-0.05, 0) is 30.7 Å². The summed E-state index contributed by atoms with van der Waals surface area (Å²) in [6.07, 6.45) is 3.04. The van der Waals surface area contributed by atoms with E-state index >= 15 is 0 Å². The largest absolute Gasteiger partial charge is 0.450 e. The molecule has 2 N–H and O–H groups in total. The maximum atomic E-state index is 13.3. The van der Waals surface area contributed by atoms with Crippen molar-refractivity contribution < 1.29 is 14.3 Å². The van der Waals surface area contributed by atoms with Crippen molar-refractivity contribution in [2.75, 3.05) is 32.8 Å². The fourth-order valence-corrected chi connectivity index (χ4v) is 4.32. The summed E-state index contributed by atoms with van der Waals surface area (Å²) in [4.78, 5) is 32.9. The number of halogens is 2. The summed E-state index contributed by atoms with van der Waals surface area (Å²) in [5.74, 6) is -0.158. The topological polar surface area (TPSA) is 93.2 Å². The number of piperazine rings is 1. The molecule has 1 aliphatic heterocycles. The first-order chi connectivity index (χ1) is 15.4. The smallest absolute Gasteiger partial charge is 0.409 e. The van der Waals surface area contributed by atoms with E-state index in [1.807, 2.05) is 18.3 Å². The van der Waals surface area contributed by atoms with E-state index < -0.39 is 0 Å². The summed E-state index contributed by atoms with van der Waals surface area (Å²) >= 11 is 12.5. The van der Waals surface area contributed by atoms with Crippen molar-refractivity contribution in [2.24, 2.45) is 5.73 Å². The van der Waals surface area contributed by atoms with Gasteiger partial charge in [0.15, 0.2) is 0 Å². The van der Waals surface area contributed by atoms with E-state index in [1.165, 1.54) is 0 Å². The number of nitrogens with zero attached hydrogens (tertiary/aromatic N) is 4. The molecule has 8 nitrogen and oxygen atoms in total. The third-order valence-electron chi connectivity index (χ3n) is 5.49. The van der Waals surface area contributed by atoms with Crippen LogP contribution in [0.3, 0.4) is 0 Å². The summed E-state index contributed by atoms with van der Waals surface area (Å²) in [5.41, 5.74) is 9.46. The van der Waals surface area contributed by atoms with Crippen LogP contribution in [0.25, 0.3) is 16.8 Å². The van der Waals surface area contributed by atoms with E-state index in [9.17, 15) is 9.59 Å². The van der Waals surface area contributed by atoms with Gasteiger partial charge in [0, 0.05) is 60.1 Å². The number of imidazole rings is 1. The number of carbonyl (C=O) groups excluding carboxylic acids is 2. The van der Waals surface area contributed by atoms with E-state index in [0.29, 0.717) is 54.2 Å². The number of amides is 2. The standard InChI is InChI=1S/C22H23Cl2N5O3/c1-2-32-22(31)28-7-5-27(6-8-28)21(30)19-12-26-20-9-14(11-25)17(13-29(19)20)16-4-3-15(23)10-18(16)24/h3-4,9-10,12-13H,2,5-8,11,25H2,1H3. The van der Waals surface area contributed by atoms with Crippen molar-refractivity contribution in [2.45, 2.75) is 13.5 Å². The molecule has 0 radical (unpaired) electrons. The number of ether oxygens (including phenoxy) is 1. The van der Waals surface area contributed by atoms with Crippen molar-refractivity contribution in [3.05, 3.63) is 58.0 Å². The van der Waals surface area contributed by atoms with E-state index in [-0.39, 0.29) is 18.5 Å². The molecule has 0 atom stereocenters. The monoisotopic (exact) mass is 475 g/mol. The maximum absolute atomic E-state index is 13.3. The van der Waals surface area contributed by atoms with Crippen LogP contribution in [0.15, 0.2) is 36.7 Å². The summed E-state index contributed by atoms with van der Waals surface area (Å²) in [5, 5.41) is 1.03. The van der Waals surface area contributed by atoms with Crippen LogP contribution in [-0.2, 0) is 11.3 Å². The van der Waals surface area contributed by atoms with Crippen LogP contribution in [0.1, 0.15) is 23.0 Å². The molecule has 2 amide bonds. The zero-order valence-electron chi connectivity index (χ0n) is 17.6. The molecule has 2 aromatic heterocycles. The Labute approximate surface area is 195 Å². The highest BCUT2D eigenvalue weighted by Crippen LogP contribution is 2.33. The van der Waals surface area contributed by atoms with Gasteiger partial charge in [0.1, 0.15) is 11.3 Å². The molecule has 0 bridgehead atoms. The van der Waals surface area contributed by atoms with Crippen molar-refractivity contribution >= 4 is 40.8 Å². The minimum Gasteiger partial charge on any atom is -0.450 e. The predicted molar refractivity (Wildman–Crippen MR) is 123 cm³/mol. The van der Waals surface area contributed by atoms with Crippen molar-refractivity contribution in [3.63, 3.8) is 0 Å². The second kappa shape index (κ2) is 9.36. The second-order valence-electron chi connectivity index (χ2n) is 7.39. The Morgan fingerprint density at radius 1 is 1.09 bits per heavy atom. The number of hydrogen-bond acceptors (Lipinski definition) is 5. The lowest BCUT2D eigenvalue weighted by molar-refractivity contribution is 0.0565. The zero-order valence-corrected chi connectivity index (χ0v) is 19.1. The van der Waals surface area contributed by atoms with Gasteiger partial charge in [-0.3, -0.25) is 9.20 Å². The van der Waals surface area contributed by atoms with E-state index in [1.54, 1.807) is 39.5 Å². The lowest BCUT2D eigenvalue weighted by atomic mass is 10.0. The average molecular weight is 476 g/mol. The minimum absolute atomic E-state index is 0.158. The molecule has 1 aliphatic rings. The second-order valence-corrected chi connectivity index (χ2v) is 8.23. The van der Waals surface area contributed by atoms with Crippen LogP contribution in [0.4, 0.5) is 4.79 Å². The molecule has 10 heteroatoms. The zero-order chi connectivity index (χ0) is 22.8. The number of aromatic nitrogens is 2. The molecule has 0 unspecified atom stereocenters. The molecule has 3 heterocycles. The minimum atomic E-state index is -0.354. The Kier molecular flexibility index (Phi) is 6.55. The first-order valence-corrected chi connectivity index (χ1v) is 11.0. The van der Waals surface area contributed by atoms with Gasteiger partial charge >= 0.3 is 6.09 Å². The van der Waals surface area contributed by atoms with Crippen molar-refractivity contribution in [1.29, 1.82) is 0 Å². The highest BCUT2D eigenvalue weighted by molar-refractivity contribution is 6.36. The summed E-state index contributed by atoms with van der Waals surface area (Å²) in [6.45, 7) is 4.06. The average Bonchev–Trinajstić information content (AvgIpc) is 3.21. The molecule has 1 fully saturated rings.